The Morgan fingerprint density at radius 1 is 1.60 bits per heavy atom. The number of nitrogens with zero attached hydrogens (tertiary/aromatic N) is 4. The van der Waals surface area contributed by atoms with Gasteiger partial charge in [-0.2, -0.15) is 5.10 Å². The molecule has 8 heteroatoms. The van der Waals surface area contributed by atoms with E-state index in [1.54, 1.807) is 7.05 Å². The first-order valence-corrected chi connectivity index (χ1v) is 6.48. The van der Waals surface area contributed by atoms with Crippen LogP contribution in [0.2, 0.25) is 0 Å². The van der Waals surface area contributed by atoms with Gasteiger partial charge in [-0.25, -0.2) is 0 Å². The molecular formula is C12H18N6O2. The van der Waals surface area contributed by atoms with Crippen molar-refractivity contribution < 1.29 is 4.92 Å². The first-order chi connectivity index (χ1) is 9.69. The van der Waals surface area contributed by atoms with E-state index in [0.29, 0.717) is 19.1 Å². The molecule has 1 aromatic heterocycles. The molecule has 8 nitrogen and oxygen atoms in total. The lowest BCUT2D eigenvalue weighted by molar-refractivity contribution is -0.385. The van der Waals surface area contributed by atoms with E-state index in [1.807, 2.05) is 0 Å². The molecule has 0 aliphatic heterocycles. The smallest absolute Gasteiger partial charge is 0.306 e. The van der Waals surface area contributed by atoms with Crippen LogP contribution in [0.15, 0.2) is 29.5 Å². The van der Waals surface area contributed by atoms with Gasteiger partial charge in [0, 0.05) is 19.6 Å². The number of nitrogens with one attached hydrogen (secondary N) is 2. The first-order valence-electron chi connectivity index (χ1n) is 6.48. The van der Waals surface area contributed by atoms with Gasteiger partial charge in [-0.15, -0.1) is 0 Å². The van der Waals surface area contributed by atoms with E-state index in [9.17, 15) is 10.1 Å². The molecule has 2 rings (SSSR count). The summed E-state index contributed by atoms with van der Waals surface area (Å²) in [5.74, 6) is 0.736. The molecule has 1 aliphatic carbocycles. The Balaban J connectivity index is 1.74. The number of guanidine groups is 1. The molecule has 1 heterocycles. The molecule has 20 heavy (non-hydrogen) atoms. The molecule has 0 bridgehead atoms. The lowest BCUT2D eigenvalue weighted by atomic mass is 10.2. The monoisotopic (exact) mass is 278 g/mol. The van der Waals surface area contributed by atoms with Crippen molar-refractivity contribution in [2.75, 3.05) is 13.6 Å². The molecule has 2 N–H and O–H groups in total. The third-order valence-corrected chi connectivity index (χ3v) is 3.04. The second kappa shape index (κ2) is 6.69. The van der Waals surface area contributed by atoms with Crippen LogP contribution in [-0.4, -0.2) is 40.3 Å². The van der Waals surface area contributed by atoms with Gasteiger partial charge in [0.2, 0.25) is 0 Å². The Morgan fingerprint density at radius 2 is 2.35 bits per heavy atom. The Morgan fingerprint density at radius 3 is 2.95 bits per heavy atom. The minimum atomic E-state index is -0.454. The van der Waals surface area contributed by atoms with Crippen molar-refractivity contribution in [2.24, 2.45) is 4.99 Å². The zero-order chi connectivity index (χ0) is 14.4. The van der Waals surface area contributed by atoms with Crippen LogP contribution in [0.4, 0.5) is 5.69 Å². The van der Waals surface area contributed by atoms with Crippen LogP contribution >= 0.6 is 0 Å². The highest BCUT2D eigenvalue weighted by Crippen LogP contribution is 2.09. The Labute approximate surface area is 116 Å². The quantitative estimate of drug-likeness (QED) is 0.271. The third kappa shape index (κ3) is 3.81. The molecule has 0 spiro atoms. The molecule has 0 aromatic carbocycles. The maximum absolute atomic E-state index is 10.5. The number of rotatable bonds is 5. The Kier molecular flexibility index (Phi) is 4.70. The molecule has 1 aromatic rings. The van der Waals surface area contributed by atoms with Gasteiger partial charge < -0.3 is 10.6 Å². The van der Waals surface area contributed by atoms with Gasteiger partial charge in [-0.1, -0.05) is 12.2 Å². The number of aromatic nitrogens is 2. The summed E-state index contributed by atoms with van der Waals surface area (Å²) < 4.78 is 1.54. The normalized spacial score (nSPS) is 15.6. The van der Waals surface area contributed by atoms with Crippen molar-refractivity contribution >= 4 is 11.6 Å². The predicted molar refractivity (Wildman–Crippen MR) is 75.5 cm³/mol. The van der Waals surface area contributed by atoms with Gasteiger partial charge >= 0.3 is 5.69 Å². The highest BCUT2D eigenvalue weighted by molar-refractivity contribution is 5.80. The van der Waals surface area contributed by atoms with Crippen molar-refractivity contribution in [2.45, 2.75) is 25.4 Å². The highest BCUT2D eigenvalue weighted by atomic mass is 16.6. The zero-order valence-electron chi connectivity index (χ0n) is 11.3. The van der Waals surface area contributed by atoms with Crippen molar-refractivity contribution in [3.63, 3.8) is 0 Å². The number of hydrogen-bond donors (Lipinski definition) is 2. The fraction of sp³-hybridized carbons (Fsp3) is 0.500. The standard InChI is InChI=1S/C12H18N6O2/c1-13-12(16-10-4-2-3-5-10)14-6-7-17-9-11(8-15-17)18(19)20/h2-3,8-10H,4-7H2,1H3,(H2,13,14,16). The molecule has 0 atom stereocenters. The molecule has 0 saturated heterocycles. The highest BCUT2D eigenvalue weighted by Gasteiger charge is 2.12. The topological polar surface area (TPSA) is 97.4 Å². The summed E-state index contributed by atoms with van der Waals surface area (Å²) in [6.07, 6.45) is 8.97. The Bertz CT molecular complexity index is 514. The van der Waals surface area contributed by atoms with Gasteiger partial charge in [-0.05, 0) is 12.8 Å². The van der Waals surface area contributed by atoms with Gasteiger partial charge in [0.1, 0.15) is 12.4 Å². The van der Waals surface area contributed by atoms with Crippen LogP contribution in [-0.2, 0) is 6.54 Å². The number of nitro groups is 1. The van der Waals surface area contributed by atoms with Gasteiger partial charge in [0.15, 0.2) is 5.96 Å². The Hall–Kier alpha value is -2.38. The summed E-state index contributed by atoms with van der Waals surface area (Å²) in [4.78, 5) is 14.2. The molecule has 0 amide bonds. The molecule has 0 saturated carbocycles. The summed E-state index contributed by atoms with van der Waals surface area (Å²) in [5, 5.41) is 20.9. The second-order valence-corrected chi connectivity index (χ2v) is 4.50. The summed E-state index contributed by atoms with van der Waals surface area (Å²) in [6.45, 7) is 1.14. The van der Waals surface area contributed by atoms with E-state index in [-0.39, 0.29) is 5.69 Å². The van der Waals surface area contributed by atoms with Crippen molar-refractivity contribution in [3.8, 4) is 0 Å². The van der Waals surface area contributed by atoms with Crippen LogP contribution in [0.5, 0.6) is 0 Å². The van der Waals surface area contributed by atoms with E-state index in [0.717, 1.165) is 18.8 Å². The minimum absolute atomic E-state index is 0.00420. The number of hydrogen-bond acceptors (Lipinski definition) is 4. The summed E-state index contributed by atoms with van der Waals surface area (Å²) in [5.41, 5.74) is 0.00420. The molecule has 0 radical (unpaired) electrons. The van der Waals surface area contributed by atoms with Gasteiger partial charge in [0.25, 0.3) is 0 Å². The maximum Gasteiger partial charge on any atom is 0.306 e. The average Bonchev–Trinajstić information content (AvgIpc) is 3.08. The van der Waals surface area contributed by atoms with E-state index in [4.69, 9.17) is 0 Å². The molecule has 0 fully saturated rings. The van der Waals surface area contributed by atoms with E-state index >= 15 is 0 Å². The lowest BCUT2D eigenvalue weighted by Crippen LogP contribution is -2.43. The third-order valence-electron chi connectivity index (χ3n) is 3.04. The average molecular weight is 278 g/mol. The van der Waals surface area contributed by atoms with Crippen molar-refractivity contribution in [1.82, 2.24) is 20.4 Å². The summed E-state index contributed by atoms with van der Waals surface area (Å²) >= 11 is 0. The minimum Gasteiger partial charge on any atom is -0.355 e. The molecule has 0 unspecified atom stereocenters. The summed E-state index contributed by atoms with van der Waals surface area (Å²) in [6, 6.07) is 0.395. The summed E-state index contributed by atoms with van der Waals surface area (Å²) in [7, 11) is 1.72. The fourth-order valence-corrected chi connectivity index (χ4v) is 1.98. The second-order valence-electron chi connectivity index (χ2n) is 4.50. The van der Waals surface area contributed by atoms with E-state index < -0.39 is 4.92 Å². The molecular weight excluding hydrogens is 260 g/mol. The largest absolute Gasteiger partial charge is 0.355 e. The zero-order valence-corrected chi connectivity index (χ0v) is 11.3. The molecule has 1 aliphatic rings. The van der Waals surface area contributed by atoms with E-state index in [1.165, 1.54) is 17.1 Å². The van der Waals surface area contributed by atoms with Gasteiger partial charge in [-0.3, -0.25) is 19.8 Å². The fourth-order valence-electron chi connectivity index (χ4n) is 1.98. The molecule has 108 valence electrons. The van der Waals surface area contributed by atoms with Gasteiger partial charge in [0.05, 0.1) is 11.5 Å². The van der Waals surface area contributed by atoms with Crippen LogP contribution < -0.4 is 10.6 Å². The predicted octanol–water partition coefficient (Wildman–Crippen LogP) is 0.675. The SMILES string of the molecule is CN=C(NCCn1cc([N+](=O)[O-])cn1)NC1CC=CC1. The first kappa shape index (κ1) is 14.0. The van der Waals surface area contributed by atoms with Crippen LogP contribution in [0, 0.1) is 10.1 Å². The van der Waals surface area contributed by atoms with Crippen molar-refractivity contribution in [1.29, 1.82) is 0 Å². The van der Waals surface area contributed by atoms with Crippen LogP contribution in [0.25, 0.3) is 0 Å². The maximum atomic E-state index is 10.5. The van der Waals surface area contributed by atoms with Crippen molar-refractivity contribution in [3.05, 3.63) is 34.7 Å². The lowest BCUT2D eigenvalue weighted by Gasteiger charge is -2.16. The van der Waals surface area contributed by atoms with E-state index in [2.05, 4.69) is 32.9 Å². The van der Waals surface area contributed by atoms with Crippen LogP contribution in [0.1, 0.15) is 12.8 Å². The number of aliphatic imine (C=N–C) groups is 1. The van der Waals surface area contributed by atoms with Crippen LogP contribution in [0.3, 0.4) is 0 Å².